The molecule has 0 saturated heterocycles. The zero-order valence-electron chi connectivity index (χ0n) is 13.5. The van der Waals surface area contributed by atoms with Crippen molar-refractivity contribution in [2.75, 3.05) is 5.43 Å². The summed E-state index contributed by atoms with van der Waals surface area (Å²) in [6.45, 7) is 0. The minimum Gasteiger partial charge on any atom is -0.366 e. The number of benzene rings is 2. The van der Waals surface area contributed by atoms with Crippen molar-refractivity contribution < 1.29 is 4.79 Å². The minimum atomic E-state index is -0.516. The maximum atomic E-state index is 11.8. The number of carbonyl (C=O) groups is 1. The highest BCUT2D eigenvalue weighted by atomic mass is 16.1. The Bertz CT molecular complexity index is 1090. The van der Waals surface area contributed by atoms with Crippen LogP contribution in [0, 0.1) is 22.7 Å². The monoisotopic (exact) mass is 340 g/mol. The number of pyridine rings is 1. The van der Waals surface area contributed by atoms with E-state index in [1.165, 1.54) is 0 Å². The van der Waals surface area contributed by atoms with Gasteiger partial charge in [0.2, 0.25) is 11.6 Å². The minimum absolute atomic E-state index is 0.267. The van der Waals surface area contributed by atoms with Gasteiger partial charge in [0.1, 0.15) is 12.1 Å². The number of nitriles is 2. The normalized spacial score (nSPS) is 9.77. The number of nitrogens with zero attached hydrogens (tertiary/aromatic N) is 4. The quantitative estimate of drug-likeness (QED) is 0.557. The van der Waals surface area contributed by atoms with E-state index < -0.39 is 5.91 Å². The van der Waals surface area contributed by atoms with Gasteiger partial charge < -0.3 is 5.73 Å². The Morgan fingerprint density at radius 1 is 1.08 bits per heavy atom. The molecular weight excluding hydrogens is 328 g/mol. The SMILES string of the molecule is N#CC(C#N)=NNc1ccc(-c2cc(C(N)=O)c3ccccc3n2)cc1. The summed E-state index contributed by atoms with van der Waals surface area (Å²) in [4.78, 5) is 16.4. The molecule has 26 heavy (non-hydrogen) atoms. The van der Waals surface area contributed by atoms with Crippen LogP contribution in [-0.2, 0) is 0 Å². The highest BCUT2D eigenvalue weighted by molar-refractivity contribution is 6.10. The van der Waals surface area contributed by atoms with Gasteiger partial charge in [0.15, 0.2) is 0 Å². The second kappa shape index (κ2) is 7.12. The Kier molecular flexibility index (Phi) is 4.55. The number of primary amides is 1. The summed E-state index contributed by atoms with van der Waals surface area (Å²) in [5.74, 6) is -0.516. The molecule has 7 nitrogen and oxygen atoms in total. The summed E-state index contributed by atoms with van der Waals surface area (Å²) in [6, 6.07) is 19.3. The van der Waals surface area contributed by atoms with Gasteiger partial charge in [-0.05, 0) is 24.3 Å². The summed E-state index contributed by atoms with van der Waals surface area (Å²) in [7, 11) is 0. The van der Waals surface area contributed by atoms with Crippen LogP contribution in [0.4, 0.5) is 5.69 Å². The van der Waals surface area contributed by atoms with Crippen molar-refractivity contribution in [3.05, 3.63) is 60.2 Å². The third-order valence-electron chi connectivity index (χ3n) is 3.67. The van der Waals surface area contributed by atoms with E-state index in [1.54, 1.807) is 48.5 Å². The molecule has 0 radical (unpaired) electrons. The van der Waals surface area contributed by atoms with Crippen molar-refractivity contribution in [1.82, 2.24) is 4.98 Å². The number of hydrogen-bond donors (Lipinski definition) is 2. The Labute approximate surface area is 149 Å². The predicted octanol–water partition coefficient (Wildman–Crippen LogP) is 2.82. The van der Waals surface area contributed by atoms with Gasteiger partial charge in [-0.1, -0.05) is 30.3 Å². The van der Waals surface area contributed by atoms with Crippen LogP contribution in [0.25, 0.3) is 22.2 Å². The average Bonchev–Trinajstić information content (AvgIpc) is 2.68. The van der Waals surface area contributed by atoms with Crippen molar-refractivity contribution in [1.29, 1.82) is 10.5 Å². The molecule has 1 amide bonds. The van der Waals surface area contributed by atoms with Crippen molar-refractivity contribution in [3.63, 3.8) is 0 Å². The number of anilines is 1. The summed E-state index contributed by atoms with van der Waals surface area (Å²) in [5.41, 5.74) is 11.0. The number of amides is 1. The number of aromatic nitrogens is 1. The van der Waals surface area contributed by atoms with Gasteiger partial charge in [0.25, 0.3) is 0 Å². The summed E-state index contributed by atoms with van der Waals surface area (Å²) in [6.07, 6.45) is 0. The smallest absolute Gasteiger partial charge is 0.249 e. The molecule has 2 aromatic carbocycles. The largest absolute Gasteiger partial charge is 0.366 e. The molecule has 3 aromatic rings. The first kappa shape index (κ1) is 16.6. The zero-order valence-corrected chi connectivity index (χ0v) is 13.5. The molecule has 7 heteroatoms. The van der Waals surface area contributed by atoms with E-state index in [2.05, 4.69) is 15.5 Å². The second-order valence-electron chi connectivity index (χ2n) is 5.31. The first-order valence-electron chi connectivity index (χ1n) is 7.56. The average molecular weight is 340 g/mol. The molecule has 0 aliphatic rings. The molecule has 0 spiro atoms. The number of rotatable bonds is 4. The lowest BCUT2D eigenvalue weighted by Crippen LogP contribution is -2.12. The summed E-state index contributed by atoms with van der Waals surface area (Å²) < 4.78 is 0. The molecule has 0 unspecified atom stereocenters. The molecule has 3 rings (SSSR count). The first-order valence-corrected chi connectivity index (χ1v) is 7.56. The van der Waals surface area contributed by atoms with E-state index in [0.717, 1.165) is 5.56 Å². The van der Waals surface area contributed by atoms with Crippen LogP contribution in [0.5, 0.6) is 0 Å². The molecule has 0 atom stereocenters. The van der Waals surface area contributed by atoms with Gasteiger partial charge in [-0.25, -0.2) is 4.98 Å². The lowest BCUT2D eigenvalue weighted by molar-refractivity contribution is 0.100. The highest BCUT2D eigenvalue weighted by Crippen LogP contribution is 2.25. The van der Waals surface area contributed by atoms with Gasteiger partial charge in [-0.3, -0.25) is 10.2 Å². The molecule has 0 bridgehead atoms. The maximum Gasteiger partial charge on any atom is 0.249 e. The maximum absolute atomic E-state index is 11.8. The second-order valence-corrected chi connectivity index (χ2v) is 5.31. The Morgan fingerprint density at radius 3 is 2.42 bits per heavy atom. The third kappa shape index (κ3) is 3.32. The molecule has 0 aliphatic heterocycles. The molecule has 1 aromatic heterocycles. The van der Waals surface area contributed by atoms with Crippen LogP contribution in [0.1, 0.15) is 10.4 Å². The predicted molar refractivity (Wildman–Crippen MR) is 98.0 cm³/mol. The van der Waals surface area contributed by atoms with E-state index in [4.69, 9.17) is 16.3 Å². The Morgan fingerprint density at radius 2 is 1.77 bits per heavy atom. The van der Waals surface area contributed by atoms with Crippen molar-refractivity contribution in [2.24, 2.45) is 10.8 Å². The number of carbonyl (C=O) groups excluding carboxylic acids is 1. The number of para-hydroxylation sites is 1. The topological polar surface area (TPSA) is 128 Å². The van der Waals surface area contributed by atoms with Crippen molar-refractivity contribution in [3.8, 4) is 23.4 Å². The van der Waals surface area contributed by atoms with E-state index in [9.17, 15) is 4.79 Å². The van der Waals surface area contributed by atoms with Crippen LogP contribution < -0.4 is 11.2 Å². The van der Waals surface area contributed by atoms with E-state index in [-0.39, 0.29) is 5.71 Å². The van der Waals surface area contributed by atoms with E-state index in [1.807, 2.05) is 18.2 Å². The number of hydrogen-bond acceptors (Lipinski definition) is 6. The zero-order chi connectivity index (χ0) is 18.5. The van der Waals surface area contributed by atoms with Crippen LogP contribution in [0.3, 0.4) is 0 Å². The highest BCUT2D eigenvalue weighted by Gasteiger charge is 2.11. The molecular formula is C19H12N6O. The molecule has 0 aliphatic carbocycles. The fourth-order valence-electron chi connectivity index (χ4n) is 2.44. The van der Waals surface area contributed by atoms with Gasteiger partial charge in [-0.15, -0.1) is 0 Å². The van der Waals surface area contributed by atoms with Crippen molar-refractivity contribution >= 4 is 28.2 Å². The van der Waals surface area contributed by atoms with Gasteiger partial charge in [0, 0.05) is 10.9 Å². The number of nitrogens with two attached hydrogens (primary N) is 1. The van der Waals surface area contributed by atoms with Gasteiger partial charge in [-0.2, -0.15) is 15.6 Å². The first-order chi connectivity index (χ1) is 12.6. The van der Waals surface area contributed by atoms with Crippen LogP contribution in [-0.4, -0.2) is 16.6 Å². The standard InChI is InChI=1S/C19H12N6O/c20-10-14(11-21)25-24-13-7-5-12(6-8-13)18-9-16(19(22)26)15-3-1-2-4-17(15)23-18/h1-9,24H,(H2,22,26). The number of fused-ring (bicyclic) bond motifs is 1. The molecule has 0 fully saturated rings. The van der Waals surface area contributed by atoms with E-state index >= 15 is 0 Å². The van der Waals surface area contributed by atoms with Crippen LogP contribution >= 0.6 is 0 Å². The Hall–Kier alpha value is -4.23. The van der Waals surface area contributed by atoms with Crippen LogP contribution in [0.15, 0.2) is 59.7 Å². The third-order valence-corrected chi connectivity index (χ3v) is 3.67. The number of nitrogens with one attached hydrogen (secondary N) is 1. The molecule has 124 valence electrons. The fraction of sp³-hybridized carbons (Fsp3) is 0. The van der Waals surface area contributed by atoms with Gasteiger partial charge >= 0.3 is 0 Å². The number of hydrazone groups is 1. The Balaban J connectivity index is 1.97. The van der Waals surface area contributed by atoms with Gasteiger partial charge in [0.05, 0.1) is 22.5 Å². The lowest BCUT2D eigenvalue weighted by atomic mass is 10.0. The van der Waals surface area contributed by atoms with Crippen molar-refractivity contribution in [2.45, 2.75) is 0 Å². The lowest BCUT2D eigenvalue weighted by Gasteiger charge is -2.08. The molecule has 3 N–H and O–H groups in total. The molecule has 0 saturated carbocycles. The summed E-state index contributed by atoms with van der Waals surface area (Å²) >= 11 is 0. The fourth-order valence-corrected chi connectivity index (χ4v) is 2.44. The summed E-state index contributed by atoms with van der Waals surface area (Å²) in [5, 5.41) is 21.7. The van der Waals surface area contributed by atoms with Crippen LogP contribution in [0.2, 0.25) is 0 Å². The molecule has 1 heterocycles. The van der Waals surface area contributed by atoms with E-state index in [0.29, 0.717) is 27.8 Å².